The molecule has 3 nitrogen and oxygen atoms in total. The van der Waals surface area contributed by atoms with E-state index in [1.165, 1.54) is 38.5 Å². The quantitative estimate of drug-likeness (QED) is 0.161. The van der Waals surface area contributed by atoms with Crippen molar-refractivity contribution >= 4 is 8.03 Å². The molecule has 1 aliphatic carbocycles. The molecular weight excluding hydrogens is 453 g/mol. The lowest BCUT2D eigenvalue weighted by atomic mass is 9.77. The third kappa shape index (κ3) is 11.2. The monoisotopic (exact) mass is 500 g/mol. The maximum absolute atomic E-state index is 14.8. The molecule has 1 N–H and O–H groups in total. The summed E-state index contributed by atoms with van der Waals surface area (Å²) in [5, 5.41) is 0. The summed E-state index contributed by atoms with van der Waals surface area (Å²) in [7, 11) is -2.29. The van der Waals surface area contributed by atoms with Crippen LogP contribution in [0, 0.1) is 17.6 Å². The SMILES string of the molecule is CCCCCC1CCC(c2ccc(OCCCCCCCCCCC[PH](=O)O)c(F)c2F)CC1. The van der Waals surface area contributed by atoms with Crippen molar-refractivity contribution in [2.75, 3.05) is 12.8 Å². The zero-order chi connectivity index (χ0) is 24.6. The Labute approximate surface area is 206 Å². The molecule has 0 aromatic heterocycles. The Morgan fingerprint density at radius 3 is 2.09 bits per heavy atom. The topological polar surface area (TPSA) is 46.5 Å². The standard InChI is InChI=1S/C28H47F2O3P/c1-2-3-11-14-23-15-17-24(18-16-23)25-19-20-26(28(30)27(25)29)33-21-12-9-7-5-4-6-8-10-13-22-34(31)32/h19-20,23-24,34H,2-18,21-22H2,1H3,(H,31,32). The van der Waals surface area contributed by atoms with E-state index in [-0.39, 0.29) is 11.7 Å². The molecule has 1 saturated carbocycles. The van der Waals surface area contributed by atoms with Crippen LogP contribution in [0.1, 0.15) is 128 Å². The van der Waals surface area contributed by atoms with E-state index in [4.69, 9.17) is 9.63 Å². The highest BCUT2D eigenvalue weighted by molar-refractivity contribution is 7.37. The molecule has 1 unspecified atom stereocenters. The minimum atomic E-state index is -2.29. The minimum Gasteiger partial charge on any atom is -0.490 e. The Morgan fingerprint density at radius 1 is 0.853 bits per heavy atom. The van der Waals surface area contributed by atoms with Gasteiger partial charge in [-0.15, -0.1) is 0 Å². The molecule has 196 valence electrons. The first-order valence-corrected chi connectivity index (χ1v) is 15.4. The summed E-state index contributed by atoms with van der Waals surface area (Å²) in [6.45, 7) is 2.64. The Kier molecular flexibility index (Phi) is 15.1. The van der Waals surface area contributed by atoms with Crippen molar-refractivity contribution in [3.05, 3.63) is 29.3 Å². The van der Waals surface area contributed by atoms with Gasteiger partial charge in [0.15, 0.2) is 19.6 Å². The summed E-state index contributed by atoms with van der Waals surface area (Å²) in [6, 6.07) is 3.37. The number of rotatable bonds is 18. The average molecular weight is 501 g/mol. The molecule has 34 heavy (non-hydrogen) atoms. The van der Waals surface area contributed by atoms with E-state index in [0.717, 1.165) is 76.5 Å². The summed E-state index contributed by atoms with van der Waals surface area (Å²) in [5.41, 5.74) is 0.530. The second-order valence-corrected chi connectivity index (χ2v) is 11.5. The van der Waals surface area contributed by atoms with Gasteiger partial charge in [-0.1, -0.05) is 83.6 Å². The molecule has 1 aromatic carbocycles. The molecule has 0 amide bonds. The van der Waals surface area contributed by atoms with E-state index in [2.05, 4.69) is 6.92 Å². The summed E-state index contributed by atoms with van der Waals surface area (Å²) >= 11 is 0. The number of ether oxygens (including phenoxy) is 1. The summed E-state index contributed by atoms with van der Waals surface area (Å²) in [4.78, 5) is 8.80. The van der Waals surface area contributed by atoms with Crippen LogP contribution in [-0.2, 0) is 4.57 Å². The molecule has 0 radical (unpaired) electrons. The van der Waals surface area contributed by atoms with Crippen LogP contribution in [0.15, 0.2) is 12.1 Å². The number of benzene rings is 1. The van der Waals surface area contributed by atoms with Gasteiger partial charge >= 0.3 is 0 Å². The normalized spacial score (nSPS) is 19.3. The van der Waals surface area contributed by atoms with E-state index in [9.17, 15) is 13.3 Å². The highest BCUT2D eigenvalue weighted by atomic mass is 31.1. The molecule has 1 fully saturated rings. The molecule has 0 spiro atoms. The number of unbranched alkanes of at least 4 members (excludes halogenated alkanes) is 10. The molecule has 0 saturated heterocycles. The van der Waals surface area contributed by atoms with Crippen molar-refractivity contribution in [2.24, 2.45) is 5.92 Å². The predicted octanol–water partition coefficient (Wildman–Crippen LogP) is 9.18. The van der Waals surface area contributed by atoms with Crippen LogP contribution in [0.4, 0.5) is 8.78 Å². The predicted molar refractivity (Wildman–Crippen MR) is 138 cm³/mol. The van der Waals surface area contributed by atoms with Gasteiger partial charge in [0.1, 0.15) is 0 Å². The summed E-state index contributed by atoms with van der Waals surface area (Å²) in [5.74, 6) is -0.609. The average Bonchev–Trinajstić information content (AvgIpc) is 2.83. The fourth-order valence-corrected chi connectivity index (χ4v) is 5.77. The van der Waals surface area contributed by atoms with Crippen LogP contribution in [0.3, 0.4) is 0 Å². The molecule has 1 aromatic rings. The maximum atomic E-state index is 14.8. The first-order chi connectivity index (χ1) is 16.5. The molecule has 1 aliphatic rings. The van der Waals surface area contributed by atoms with E-state index in [1.807, 2.05) is 0 Å². The van der Waals surface area contributed by atoms with E-state index in [1.54, 1.807) is 12.1 Å². The van der Waals surface area contributed by atoms with Crippen LogP contribution in [0.25, 0.3) is 0 Å². The van der Waals surface area contributed by atoms with Crippen molar-refractivity contribution in [1.29, 1.82) is 0 Å². The van der Waals surface area contributed by atoms with Crippen LogP contribution in [0.5, 0.6) is 5.75 Å². The number of halogens is 2. The number of hydrogen-bond acceptors (Lipinski definition) is 2. The molecular formula is C28H47F2O3P. The largest absolute Gasteiger partial charge is 0.490 e. The van der Waals surface area contributed by atoms with Crippen LogP contribution in [-0.4, -0.2) is 17.7 Å². The van der Waals surface area contributed by atoms with E-state index < -0.39 is 19.7 Å². The fourth-order valence-electron chi connectivity index (χ4n) is 5.22. The van der Waals surface area contributed by atoms with Gasteiger partial charge in [-0.2, -0.15) is 4.39 Å². The summed E-state index contributed by atoms with van der Waals surface area (Å²) in [6.07, 6.45) is 19.2. The minimum absolute atomic E-state index is 0.0416. The summed E-state index contributed by atoms with van der Waals surface area (Å²) < 4.78 is 45.6. The zero-order valence-electron chi connectivity index (χ0n) is 21.3. The molecule has 6 heteroatoms. The number of hydrogen-bond donors (Lipinski definition) is 1. The van der Waals surface area contributed by atoms with Gasteiger partial charge in [0, 0.05) is 6.16 Å². The second-order valence-electron chi connectivity index (χ2n) is 10.2. The van der Waals surface area contributed by atoms with Gasteiger partial charge in [-0.25, -0.2) is 4.39 Å². The van der Waals surface area contributed by atoms with Crippen LogP contribution < -0.4 is 4.74 Å². The van der Waals surface area contributed by atoms with Crippen molar-refractivity contribution in [3.63, 3.8) is 0 Å². The third-order valence-electron chi connectivity index (χ3n) is 7.37. The van der Waals surface area contributed by atoms with E-state index >= 15 is 0 Å². The van der Waals surface area contributed by atoms with Crippen molar-refractivity contribution in [2.45, 2.75) is 122 Å². The lowest BCUT2D eigenvalue weighted by Crippen LogP contribution is -2.15. The van der Waals surface area contributed by atoms with Crippen LogP contribution >= 0.6 is 8.03 Å². The third-order valence-corrected chi connectivity index (χ3v) is 8.15. The first kappa shape index (κ1) is 29.3. The lowest BCUT2D eigenvalue weighted by Gasteiger charge is -2.29. The smallest absolute Gasteiger partial charge is 0.200 e. The van der Waals surface area contributed by atoms with Crippen LogP contribution in [0.2, 0.25) is 0 Å². The maximum Gasteiger partial charge on any atom is 0.200 e. The Balaban J connectivity index is 1.59. The van der Waals surface area contributed by atoms with Crippen molar-refractivity contribution < 1.29 is 23.0 Å². The highest BCUT2D eigenvalue weighted by Crippen LogP contribution is 2.40. The van der Waals surface area contributed by atoms with Gasteiger partial charge in [0.25, 0.3) is 0 Å². The molecule has 0 heterocycles. The Hall–Kier alpha value is -0.930. The fraction of sp³-hybridized carbons (Fsp3) is 0.786. The zero-order valence-corrected chi connectivity index (χ0v) is 22.3. The van der Waals surface area contributed by atoms with Gasteiger partial charge in [0.05, 0.1) is 6.61 Å². The van der Waals surface area contributed by atoms with Crippen molar-refractivity contribution in [3.8, 4) is 5.75 Å². The van der Waals surface area contributed by atoms with Gasteiger partial charge in [-0.3, -0.25) is 4.57 Å². The highest BCUT2D eigenvalue weighted by Gasteiger charge is 2.26. The van der Waals surface area contributed by atoms with Gasteiger partial charge in [0.2, 0.25) is 5.82 Å². The lowest BCUT2D eigenvalue weighted by molar-refractivity contribution is 0.279. The molecule has 0 aliphatic heterocycles. The molecule has 0 bridgehead atoms. The second kappa shape index (κ2) is 17.5. The van der Waals surface area contributed by atoms with Crippen molar-refractivity contribution in [1.82, 2.24) is 0 Å². The Bertz CT molecular complexity index is 705. The van der Waals surface area contributed by atoms with Gasteiger partial charge < -0.3 is 9.63 Å². The Morgan fingerprint density at radius 2 is 1.47 bits per heavy atom. The first-order valence-electron chi connectivity index (χ1n) is 13.8. The molecule has 2 rings (SSSR count). The molecule has 1 atom stereocenters. The van der Waals surface area contributed by atoms with E-state index in [0.29, 0.717) is 18.3 Å². The van der Waals surface area contributed by atoms with Gasteiger partial charge in [-0.05, 0) is 62.0 Å².